The minimum absolute atomic E-state index is 0.0251. The largest absolute Gasteiger partial charge is 0.365 e. The number of aromatic nitrogens is 1. The Morgan fingerprint density at radius 1 is 0.786 bits per heavy atom. The summed E-state index contributed by atoms with van der Waals surface area (Å²) in [5.41, 5.74) is 3.52. The molecule has 0 radical (unpaired) electrons. The summed E-state index contributed by atoms with van der Waals surface area (Å²) in [5.74, 6) is -0.492. The summed E-state index contributed by atoms with van der Waals surface area (Å²) in [5, 5.41) is 3.89. The standard InChI is InChI=1S/C19H17N3O4S2/c23-27(24,15-9-5-2-6-10-15)17-12-20-13-18(17)28(25,26)19-16(11-21-22-19)14-7-3-1-4-8-14/h1-10,12-13,16,20-21H,11H2. The van der Waals surface area contributed by atoms with Crippen molar-refractivity contribution in [2.24, 2.45) is 5.10 Å². The number of rotatable bonds is 4. The summed E-state index contributed by atoms with van der Waals surface area (Å²) in [6.07, 6.45) is 2.38. The maximum atomic E-state index is 13.3. The normalized spacial score (nSPS) is 17.1. The molecule has 4 rings (SSSR count). The summed E-state index contributed by atoms with van der Waals surface area (Å²) < 4.78 is 52.6. The first-order valence-electron chi connectivity index (χ1n) is 8.50. The summed E-state index contributed by atoms with van der Waals surface area (Å²) in [4.78, 5) is 2.05. The predicted molar refractivity (Wildman–Crippen MR) is 104 cm³/mol. The average Bonchev–Trinajstić information content (AvgIpc) is 3.40. The van der Waals surface area contributed by atoms with Crippen LogP contribution in [0.4, 0.5) is 0 Å². The maximum absolute atomic E-state index is 13.3. The monoisotopic (exact) mass is 415 g/mol. The van der Waals surface area contributed by atoms with Crippen molar-refractivity contribution in [1.82, 2.24) is 10.4 Å². The van der Waals surface area contributed by atoms with Crippen molar-refractivity contribution in [2.75, 3.05) is 6.54 Å². The third-order valence-corrected chi connectivity index (χ3v) is 8.35. The van der Waals surface area contributed by atoms with Crippen molar-refractivity contribution >= 4 is 24.7 Å². The van der Waals surface area contributed by atoms with E-state index in [9.17, 15) is 16.8 Å². The molecule has 0 aliphatic carbocycles. The van der Waals surface area contributed by atoms with E-state index in [2.05, 4.69) is 15.5 Å². The number of nitrogens with one attached hydrogen (secondary N) is 2. The second-order valence-electron chi connectivity index (χ2n) is 6.28. The Balaban J connectivity index is 1.80. The fraction of sp³-hybridized carbons (Fsp3) is 0.105. The lowest BCUT2D eigenvalue weighted by Crippen LogP contribution is -2.23. The zero-order chi connectivity index (χ0) is 19.8. The SMILES string of the molecule is O=S(=O)(C1=NNCC1c1ccccc1)c1c[nH]cc1S(=O)(=O)c1ccccc1. The highest BCUT2D eigenvalue weighted by Crippen LogP contribution is 2.32. The Morgan fingerprint density at radius 2 is 1.36 bits per heavy atom. The Kier molecular flexibility index (Phi) is 4.56. The average molecular weight is 415 g/mol. The summed E-state index contributed by atoms with van der Waals surface area (Å²) >= 11 is 0. The summed E-state index contributed by atoms with van der Waals surface area (Å²) in [7, 11) is -8.14. The van der Waals surface area contributed by atoms with E-state index < -0.39 is 25.6 Å². The lowest BCUT2D eigenvalue weighted by Gasteiger charge is -2.13. The number of benzene rings is 2. The van der Waals surface area contributed by atoms with Crippen molar-refractivity contribution in [3.05, 3.63) is 78.6 Å². The second-order valence-corrected chi connectivity index (χ2v) is 10.1. The van der Waals surface area contributed by atoms with Crippen molar-refractivity contribution in [3.8, 4) is 0 Å². The molecule has 28 heavy (non-hydrogen) atoms. The van der Waals surface area contributed by atoms with Crippen LogP contribution in [-0.4, -0.2) is 33.4 Å². The van der Waals surface area contributed by atoms with E-state index in [0.29, 0.717) is 6.54 Å². The van der Waals surface area contributed by atoms with Gasteiger partial charge in [0.25, 0.3) is 0 Å². The van der Waals surface area contributed by atoms with Crippen LogP contribution in [0.3, 0.4) is 0 Å². The van der Waals surface area contributed by atoms with Crippen LogP contribution in [0.25, 0.3) is 0 Å². The quantitative estimate of drug-likeness (QED) is 0.680. The van der Waals surface area contributed by atoms with Crippen LogP contribution in [0.5, 0.6) is 0 Å². The molecule has 0 spiro atoms. The van der Waals surface area contributed by atoms with Gasteiger partial charge in [0.05, 0.1) is 10.8 Å². The number of nitrogens with zero attached hydrogens (tertiary/aromatic N) is 1. The Morgan fingerprint density at radius 3 is 2.00 bits per heavy atom. The fourth-order valence-corrected chi connectivity index (χ4v) is 6.69. The Labute approximate surface area is 163 Å². The molecule has 144 valence electrons. The van der Waals surface area contributed by atoms with Gasteiger partial charge in [0.1, 0.15) is 9.79 Å². The summed E-state index contributed by atoms with van der Waals surface area (Å²) in [6.45, 7) is 0.323. The molecular formula is C19H17N3O4S2. The molecule has 1 atom stereocenters. The van der Waals surface area contributed by atoms with Crippen LogP contribution >= 0.6 is 0 Å². The van der Waals surface area contributed by atoms with Crippen LogP contribution in [0.1, 0.15) is 11.5 Å². The van der Waals surface area contributed by atoms with Crippen molar-refractivity contribution in [1.29, 1.82) is 0 Å². The first kappa shape index (κ1) is 18.5. The zero-order valence-electron chi connectivity index (χ0n) is 14.6. The molecule has 0 bridgehead atoms. The van der Waals surface area contributed by atoms with Gasteiger partial charge in [-0.2, -0.15) is 5.10 Å². The lowest BCUT2D eigenvalue weighted by molar-refractivity contribution is 0.588. The van der Waals surface area contributed by atoms with Gasteiger partial charge in [-0.25, -0.2) is 16.8 Å². The molecule has 3 aromatic rings. The highest BCUT2D eigenvalue weighted by molar-refractivity contribution is 8.07. The van der Waals surface area contributed by atoms with Gasteiger partial charge in [0, 0.05) is 18.9 Å². The van der Waals surface area contributed by atoms with Crippen molar-refractivity contribution < 1.29 is 16.8 Å². The first-order chi connectivity index (χ1) is 13.4. The third-order valence-electron chi connectivity index (χ3n) is 4.56. The van der Waals surface area contributed by atoms with Crippen molar-refractivity contribution in [2.45, 2.75) is 20.6 Å². The van der Waals surface area contributed by atoms with Gasteiger partial charge in [-0.3, -0.25) is 0 Å². The number of aromatic amines is 1. The van der Waals surface area contributed by atoms with Gasteiger partial charge in [-0.15, -0.1) is 0 Å². The summed E-state index contributed by atoms with van der Waals surface area (Å²) in [6, 6.07) is 16.8. The smallest absolute Gasteiger partial charge is 0.225 e. The van der Waals surface area contributed by atoms with E-state index in [0.717, 1.165) is 5.56 Å². The molecule has 0 saturated carbocycles. The van der Waals surface area contributed by atoms with E-state index in [1.807, 2.05) is 30.3 Å². The molecule has 2 aromatic carbocycles. The molecule has 9 heteroatoms. The van der Waals surface area contributed by atoms with E-state index in [1.54, 1.807) is 18.2 Å². The highest BCUT2D eigenvalue weighted by Gasteiger charge is 2.38. The number of hydrazone groups is 1. The van der Waals surface area contributed by atoms with E-state index in [1.165, 1.54) is 24.5 Å². The minimum atomic E-state index is -4.14. The number of hydrogen-bond acceptors (Lipinski definition) is 6. The van der Waals surface area contributed by atoms with Crippen molar-refractivity contribution in [3.63, 3.8) is 0 Å². The van der Waals surface area contributed by atoms with Crippen LogP contribution < -0.4 is 5.43 Å². The molecule has 2 heterocycles. The number of H-pyrrole nitrogens is 1. The van der Waals surface area contributed by atoms with Gasteiger partial charge >= 0.3 is 0 Å². The zero-order valence-corrected chi connectivity index (χ0v) is 16.2. The fourth-order valence-electron chi connectivity index (χ4n) is 3.17. The molecule has 1 aromatic heterocycles. The van der Waals surface area contributed by atoms with Crippen LogP contribution in [0.2, 0.25) is 0 Å². The molecule has 1 unspecified atom stereocenters. The van der Waals surface area contributed by atoms with Gasteiger partial charge in [-0.05, 0) is 17.7 Å². The molecular weight excluding hydrogens is 398 g/mol. The second kappa shape index (κ2) is 6.92. The van der Waals surface area contributed by atoms with Crippen LogP contribution in [-0.2, 0) is 19.7 Å². The van der Waals surface area contributed by atoms with Gasteiger partial charge in [0.15, 0.2) is 5.04 Å². The molecule has 7 nitrogen and oxygen atoms in total. The molecule has 1 aliphatic rings. The maximum Gasteiger partial charge on any atom is 0.225 e. The topological polar surface area (TPSA) is 108 Å². The predicted octanol–water partition coefficient (Wildman–Crippen LogP) is 2.32. The minimum Gasteiger partial charge on any atom is -0.365 e. The van der Waals surface area contributed by atoms with E-state index in [4.69, 9.17) is 0 Å². The first-order valence-corrected chi connectivity index (χ1v) is 11.5. The number of sulfone groups is 2. The molecule has 0 fully saturated rings. The lowest BCUT2D eigenvalue weighted by atomic mass is 10.0. The Bertz CT molecular complexity index is 1230. The van der Waals surface area contributed by atoms with Gasteiger partial charge in [-0.1, -0.05) is 48.5 Å². The van der Waals surface area contributed by atoms with Gasteiger partial charge in [0.2, 0.25) is 19.7 Å². The molecule has 1 aliphatic heterocycles. The Hall–Kier alpha value is -2.91. The third kappa shape index (κ3) is 3.02. The molecule has 2 N–H and O–H groups in total. The van der Waals surface area contributed by atoms with Crippen LogP contribution in [0.15, 0.2) is 92.8 Å². The molecule has 0 saturated heterocycles. The van der Waals surface area contributed by atoms with E-state index >= 15 is 0 Å². The van der Waals surface area contributed by atoms with Crippen LogP contribution in [0, 0.1) is 0 Å². The highest BCUT2D eigenvalue weighted by atomic mass is 32.2. The number of hydrogen-bond donors (Lipinski definition) is 2. The van der Waals surface area contributed by atoms with E-state index in [-0.39, 0.29) is 19.7 Å². The molecule has 0 amide bonds. The van der Waals surface area contributed by atoms with Gasteiger partial charge < -0.3 is 10.4 Å².